The third kappa shape index (κ3) is 3.17. The van der Waals surface area contributed by atoms with Crippen LogP contribution in [-0.4, -0.2) is 22.5 Å². The molecule has 0 unspecified atom stereocenters. The van der Waals surface area contributed by atoms with E-state index in [4.69, 9.17) is 5.73 Å². The molecule has 0 spiro atoms. The molecule has 0 aliphatic heterocycles. The highest BCUT2D eigenvalue weighted by molar-refractivity contribution is 5.94. The van der Waals surface area contributed by atoms with Gasteiger partial charge in [0.25, 0.3) is 0 Å². The molecule has 0 radical (unpaired) electrons. The SMILES string of the molecule is Cc1cc(NC2(C(=O)O)CCC(C)CC2)ccc1C(N)=O. The maximum absolute atomic E-state index is 11.7. The van der Waals surface area contributed by atoms with Crippen molar-refractivity contribution in [3.8, 4) is 0 Å². The van der Waals surface area contributed by atoms with Gasteiger partial charge >= 0.3 is 5.97 Å². The molecule has 1 aromatic carbocycles. The number of hydrogen-bond donors (Lipinski definition) is 3. The minimum Gasteiger partial charge on any atom is -0.480 e. The van der Waals surface area contributed by atoms with Crippen molar-refractivity contribution in [1.82, 2.24) is 0 Å². The molecule has 1 aliphatic carbocycles. The molecule has 5 nitrogen and oxygen atoms in total. The molecule has 1 amide bonds. The van der Waals surface area contributed by atoms with Crippen LogP contribution in [0.1, 0.15) is 48.5 Å². The van der Waals surface area contributed by atoms with Gasteiger partial charge in [0.15, 0.2) is 0 Å². The standard InChI is InChI=1S/C16H22N2O3/c1-10-5-7-16(8-6-10,15(20)21)18-12-3-4-13(14(17)19)11(2)9-12/h3-4,9-10,18H,5-8H2,1-2H3,(H2,17,19)(H,20,21). The molecule has 21 heavy (non-hydrogen) atoms. The van der Waals surface area contributed by atoms with E-state index in [0.717, 1.165) is 24.1 Å². The Morgan fingerprint density at radius 2 is 1.95 bits per heavy atom. The molecule has 2 rings (SSSR count). The number of aliphatic carboxylic acids is 1. The monoisotopic (exact) mass is 290 g/mol. The number of carbonyl (C=O) groups excluding carboxylic acids is 1. The zero-order valence-electron chi connectivity index (χ0n) is 12.5. The molecule has 0 heterocycles. The number of nitrogens with two attached hydrogens (primary N) is 1. The molecular weight excluding hydrogens is 268 g/mol. The second-order valence-electron chi connectivity index (χ2n) is 6.09. The average Bonchev–Trinajstić information content (AvgIpc) is 2.41. The van der Waals surface area contributed by atoms with Crippen LogP contribution >= 0.6 is 0 Å². The number of carbonyl (C=O) groups is 2. The molecular formula is C16H22N2O3. The summed E-state index contributed by atoms with van der Waals surface area (Å²) in [6, 6.07) is 5.14. The fraction of sp³-hybridized carbons (Fsp3) is 0.500. The predicted octanol–water partition coefficient (Wildman–Crippen LogP) is 2.54. The Labute approximate surface area is 124 Å². The number of hydrogen-bond acceptors (Lipinski definition) is 3. The van der Waals surface area contributed by atoms with Crippen LogP contribution in [0.5, 0.6) is 0 Å². The number of amides is 1. The molecule has 1 aromatic rings. The van der Waals surface area contributed by atoms with Gasteiger partial charge in [-0.3, -0.25) is 4.79 Å². The number of carboxylic acids is 1. The lowest BCUT2D eigenvalue weighted by Crippen LogP contribution is -2.48. The largest absolute Gasteiger partial charge is 0.480 e. The first-order chi connectivity index (χ1) is 9.84. The molecule has 1 fully saturated rings. The highest BCUT2D eigenvalue weighted by atomic mass is 16.4. The Morgan fingerprint density at radius 3 is 2.43 bits per heavy atom. The van der Waals surface area contributed by atoms with Gasteiger partial charge in [-0.1, -0.05) is 6.92 Å². The molecule has 1 saturated carbocycles. The van der Waals surface area contributed by atoms with Gasteiger partial charge in [-0.25, -0.2) is 4.79 Å². The van der Waals surface area contributed by atoms with E-state index in [1.54, 1.807) is 25.1 Å². The predicted molar refractivity (Wildman–Crippen MR) is 81.3 cm³/mol. The van der Waals surface area contributed by atoms with Crippen molar-refractivity contribution in [2.45, 2.75) is 45.1 Å². The first kappa shape index (κ1) is 15.4. The van der Waals surface area contributed by atoms with E-state index in [0.29, 0.717) is 24.3 Å². The highest BCUT2D eigenvalue weighted by Crippen LogP contribution is 2.35. The first-order valence-electron chi connectivity index (χ1n) is 7.26. The number of anilines is 1. The summed E-state index contributed by atoms with van der Waals surface area (Å²) in [5.41, 5.74) is 6.30. The van der Waals surface area contributed by atoms with Crippen LogP contribution in [0.2, 0.25) is 0 Å². The summed E-state index contributed by atoms with van der Waals surface area (Å²) in [5.74, 6) is -0.720. The van der Waals surface area contributed by atoms with E-state index < -0.39 is 17.4 Å². The van der Waals surface area contributed by atoms with Crippen LogP contribution in [0, 0.1) is 12.8 Å². The van der Waals surface area contributed by atoms with Gasteiger partial charge in [0, 0.05) is 11.3 Å². The molecule has 0 saturated heterocycles. The van der Waals surface area contributed by atoms with Gasteiger partial charge in [0.1, 0.15) is 5.54 Å². The Kier molecular flexibility index (Phi) is 4.21. The van der Waals surface area contributed by atoms with E-state index in [1.165, 1.54) is 0 Å². The number of primary amides is 1. The van der Waals surface area contributed by atoms with Gasteiger partial charge in [0.05, 0.1) is 0 Å². The summed E-state index contributed by atoms with van der Waals surface area (Å²) in [6.07, 6.45) is 3.02. The summed E-state index contributed by atoms with van der Waals surface area (Å²) in [6.45, 7) is 3.94. The third-order valence-corrected chi connectivity index (χ3v) is 4.41. The van der Waals surface area contributed by atoms with Gasteiger partial charge in [-0.05, 0) is 62.3 Å². The fourth-order valence-electron chi connectivity index (χ4n) is 2.94. The zero-order chi connectivity index (χ0) is 15.6. The maximum Gasteiger partial charge on any atom is 0.329 e. The Hall–Kier alpha value is -2.04. The average molecular weight is 290 g/mol. The smallest absolute Gasteiger partial charge is 0.329 e. The van der Waals surface area contributed by atoms with Crippen LogP contribution in [0.3, 0.4) is 0 Å². The van der Waals surface area contributed by atoms with Gasteiger partial charge in [0.2, 0.25) is 5.91 Å². The fourth-order valence-corrected chi connectivity index (χ4v) is 2.94. The highest BCUT2D eigenvalue weighted by Gasteiger charge is 2.41. The minimum atomic E-state index is -0.910. The van der Waals surface area contributed by atoms with Crippen molar-refractivity contribution < 1.29 is 14.7 Å². The summed E-state index contributed by atoms with van der Waals surface area (Å²) in [7, 11) is 0. The lowest BCUT2D eigenvalue weighted by molar-refractivity contribution is -0.143. The molecule has 0 aromatic heterocycles. The van der Waals surface area contributed by atoms with Crippen molar-refractivity contribution in [3.05, 3.63) is 29.3 Å². The van der Waals surface area contributed by atoms with Gasteiger partial charge in [-0.15, -0.1) is 0 Å². The first-order valence-corrected chi connectivity index (χ1v) is 7.26. The second kappa shape index (κ2) is 5.76. The van der Waals surface area contributed by atoms with Crippen LogP contribution in [-0.2, 0) is 4.79 Å². The van der Waals surface area contributed by atoms with Crippen molar-refractivity contribution in [2.24, 2.45) is 11.7 Å². The van der Waals surface area contributed by atoms with Gasteiger partial charge in [-0.2, -0.15) is 0 Å². The van der Waals surface area contributed by atoms with E-state index >= 15 is 0 Å². The van der Waals surface area contributed by atoms with Crippen LogP contribution in [0.4, 0.5) is 5.69 Å². The van der Waals surface area contributed by atoms with E-state index in [-0.39, 0.29) is 0 Å². The number of benzene rings is 1. The van der Waals surface area contributed by atoms with Crippen LogP contribution in [0.15, 0.2) is 18.2 Å². The summed E-state index contributed by atoms with van der Waals surface area (Å²) in [4.78, 5) is 22.9. The van der Waals surface area contributed by atoms with E-state index in [9.17, 15) is 14.7 Å². The van der Waals surface area contributed by atoms with E-state index in [2.05, 4.69) is 12.2 Å². The molecule has 5 heteroatoms. The summed E-state index contributed by atoms with van der Waals surface area (Å²) < 4.78 is 0. The van der Waals surface area contributed by atoms with Crippen molar-refractivity contribution in [1.29, 1.82) is 0 Å². The number of carboxylic acid groups (broad SMARTS) is 1. The minimum absolute atomic E-state index is 0.460. The molecule has 4 N–H and O–H groups in total. The molecule has 114 valence electrons. The normalized spacial score (nSPS) is 25.3. The Morgan fingerprint density at radius 1 is 1.33 bits per heavy atom. The quantitative estimate of drug-likeness (QED) is 0.794. The Balaban J connectivity index is 2.24. The molecule has 0 atom stereocenters. The lowest BCUT2D eigenvalue weighted by Gasteiger charge is -2.37. The van der Waals surface area contributed by atoms with Crippen molar-refractivity contribution >= 4 is 17.6 Å². The number of nitrogens with one attached hydrogen (secondary N) is 1. The van der Waals surface area contributed by atoms with Gasteiger partial charge < -0.3 is 16.2 Å². The Bertz CT molecular complexity index is 561. The number of aryl methyl sites for hydroxylation is 1. The van der Waals surface area contributed by atoms with Crippen molar-refractivity contribution in [2.75, 3.05) is 5.32 Å². The molecule has 0 bridgehead atoms. The zero-order valence-corrected chi connectivity index (χ0v) is 12.5. The second-order valence-corrected chi connectivity index (χ2v) is 6.09. The maximum atomic E-state index is 11.7. The van der Waals surface area contributed by atoms with Crippen LogP contribution < -0.4 is 11.1 Å². The van der Waals surface area contributed by atoms with Crippen LogP contribution in [0.25, 0.3) is 0 Å². The third-order valence-electron chi connectivity index (χ3n) is 4.41. The summed E-state index contributed by atoms with van der Waals surface area (Å²) >= 11 is 0. The summed E-state index contributed by atoms with van der Waals surface area (Å²) in [5, 5.41) is 12.8. The topological polar surface area (TPSA) is 92.4 Å². The number of rotatable bonds is 4. The van der Waals surface area contributed by atoms with E-state index in [1.807, 2.05) is 0 Å². The van der Waals surface area contributed by atoms with Crippen molar-refractivity contribution in [3.63, 3.8) is 0 Å². The molecule has 1 aliphatic rings. The lowest BCUT2D eigenvalue weighted by atomic mass is 9.77.